The molecule has 33 heavy (non-hydrogen) atoms. The highest BCUT2D eigenvalue weighted by atomic mass is 35.5. The molecule has 2 aromatic carbocycles. The molecule has 1 atom stereocenters. The average molecular weight is 469 g/mol. The normalized spacial score (nSPS) is 20.8. The van der Waals surface area contributed by atoms with Crippen molar-refractivity contribution in [3.63, 3.8) is 0 Å². The first-order valence-electron chi connectivity index (χ1n) is 11.6. The molecule has 0 bridgehead atoms. The van der Waals surface area contributed by atoms with Crippen LogP contribution < -0.4 is 5.32 Å². The van der Waals surface area contributed by atoms with Crippen molar-refractivity contribution in [2.45, 2.75) is 43.9 Å². The number of benzene rings is 2. The molecule has 0 spiro atoms. The van der Waals surface area contributed by atoms with Crippen LogP contribution in [0.4, 0.5) is 0 Å². The lowest BCUT2D eigenvalue weighted by molar-refractivity contribution is -0.0276. The zero-order valence-corrected chi connectivity index (χ0v) is 19.3. The van der Waals surface area contributed by atoms with Crippen LogP contribution in [-0.2, 0) is 16.9 Å². The van der Waals surface area contributed by atoms with Gasteiger partial charge in [-0.2, -0.15) is 0 Å². The van der Waals surface area contributed by atoms with Gasteiger partial charge in [-0.1, -0.05) is 29.8 Å². The number of rotatable bonds is 6. The largest absolute Gasteiger partial charge is 0.451 e. The highest BCUT2D eigenvalue weighted by Gasteiger charge is 2.34. The Bertz CT molecular complexity index is 1110. The van der Waals surface area contributed by atoms with E-state index in [1.807, 2.05) is 42.5 Å². The highest BCUT2D eigenvalue weighted by molar-refractivity contribution is 6.30. The molecular formula is C26H29ClN2O4. The number of hydrogen-bond acceptors (Lipinski definition) is 5. The second-order valence-electron chi connectivity index (χ2n) is 9.14. The number of amides is 1. The Labute approximate surface area is 198 Å². The van der Waals surface area contributed by atoms with Gasteiger partial charge in [0.05, 0.1) is 11.7 Å². The third-order valence-corrected chi connectivity index (χ3v) is 7.05. The molecule has 174 valence electrons. The second-order valence-corrected chi connectivity index (χ2v) is 9.58. The second kappa shape index (κ2) is 9.47. The number of hydrogen-bond donors (Lipinski definition) is 2. The first-order chi connectivity index (χ1) is 16.0. The van der Waals surface area contributed by atoms with Gasteiger partial charge in [0.15, 0.2) is 5.76 Å². The van der Waals surface area contributed by atoms with Crippen LogP contribution in [0.25, 0.3) is 11.0 Å². The molecule has 0 radical (unpaired) electrons. The van der Waals surface area contributed by atoms with Crippen molar-refractivity contribution >= 4 is 28.5 Å². The maximum absolute atomic E-state index is 12.5. The van der Waals surface area contributed by atoms with E-state index in [9.17, 15) is 9.90 Å². The van der Waals surface area contributed by atoms with Crippen LogP contribution in [0.15, 0.2) is 52.9 Å². The lowest BCUT2D eigenvalue weighted by Gasteiger charge is -2.38. The molecule has 1 aromatic heterocycles. The van der Waals surface area contributed by atoms with Gasteiger partial charge in [-0.25, -0.2) is 0 Å². The molecule has 0 unspecified atom stereocenters. The van der Waals surface area contributed by atoms with E-state index in [0.717, 1.165) is 55.1 Å². The van der Waals surface area contributed by atoms with E-state index < -0.39 is 5.60 Å². The number of carbonyl (C=O) groups is 1. The van der Waals surface area contributed by atoms with Crippen LogP contribution in [0.3, 0.4) is 0 Å². The Hall–Kier alpha value is -2.38. The van der Waals surface area contributed by atoms with Gasteiger partial charge in [-0.15, -0.1) is 0 Å². The van der Waals surface area contributed by atoms with Crippen molar-refractivity contribution in [3.8, 4) is 0 Å². The minimum Gasteiger partial charge on any atom is -0.451 e. The van der Waals surface area contributed by atoms with E-state index in [2.05, 4.69) is 10.2 Å². The summed E-state index contributed by atoms with van der Waals surface area (Å²) < 4.78 is 11.3. The number of nitrogens with zero attached hydrogens (tertiary/aromatic N) is 1. The third-order valence-electron chi connectivity index (χ3n) is 6.79. The molecule has 1 amide bonds. The molecule has 5 rings (SSSR count). The predicted molar refractivity (Wildman–Crippen MR) is 127 cm³/mol. The number of piperidine rings is 1. The summed E-state index contributed by atoms with van der Waals surface area (Å²) in [5.41, 5.74) is 1.84. The topological polar surface area (TPSA) is 74.9 Å². The van der Waals surface area contributed by atoms with Crippen molar-refractivity contribution in [2.24, 2.45) is 0 Å². The van der Waals surface area contributed by atoms with Crippen LogP contribution in [-0.4, -0.2) is 48.3 Å². The molecule has 2 N–H and O–H groups in total. The Morgan fingerprint density at radius 2 is 1.94 bits per heavy atom. The SMILES string of the molecule is O=C(NC[C@H]1CCCO1)c1cc2cc(C3(O)CCN(Cc4ccc(Cl)cc4)CC3)ccc2o1. The van der Waals surface area contributed by atoms with Crippen molar-refractivity contribution in [3.05, 3.63) is 70.4 Å². The van der Waals surface area contributed by atoms with E-state index in [-0.39, 0.29) is 17.8 Å². The summed E-state index contributed by atoms with van der Waals surface area (Å²) in [7, 11) is 0. The van der Waals surface area contributed by atoms with Gasteiger partial charge >= 0.3 is 0 Å². The van der Waals surface area contributed by atoms with Gasteiger partial charge in [0, 0.05) is 43.2 Å². The summed E-state index contributed by atoms with van der Waals surface area (Å²) in [5, 5.41) is 15.8. The Morgan fingerprint density at radius 1 is 1.15 bits per heavy atom. The van der Waals surface area contributed by atoms with E-state index in [1.54, 1.807) is 6.07 Å². The average Bonchev–Trinajstić information content (AvgIpc) is 3.50. The van der Waals surface area contributed by atoms with Crippen LogP contribution in [0.1, 0.15) is 47.4 Å². The third kappa shape index (κ3) is 5.09. The molecule has 3 aromatic rings. The molecule has 2 saturated heterocycles. The fourth-order valence-corrected chi connectivity index (χ4v) is 4.89. The van der Waals surface area contributed by atoms with Gasteiger partial charge in [0.25, 0.3) is 5.91 Å². The Balaban J connectivity index is 1.22. The fraction of sp³-hybridized carbons (Fsp3) is 0.423. The van der Waals surface area contributed by atoms with Crippen molar-refractivity contribution in [1.29, 1.82) is 0 Å². The number of carbonyl (C=O) groups excluding carboxylic acids is 1. The summed E-state index contributed by atoms with van der Waals surface area (Å²) in [6.45, 7) is 3.71. The van der Waals surface area contributed by atoms with Crippen LogP contribution in [0, 0.1) is 0 Å². The standard InChI is InChI=1S/C26H29ClN2O4/c27-21-6-3-18(4-7-21)17-29-11-9-26(31,10-12-29)20-5-8-23-19(14-20)15-24(33-23)25(30)28-16-22-2-1-13-32-22/h3-8,14-15,22,31H,1-2,9-13,16-17H2,(H,28,30)/t22-/m1/s1. The van der Waals surface area contributed by atoms with Gasteiger partial charge in [0.2, 0.25) is 0 Å². The molecular weight excluding hydrogens is 440 g/mol. The van der Waals surface area contributed by atoms with Gasteiger partial charge < -0.3 is 19.6 Å². The highest BCUT2D eigenvalue weighted by Crippen LogP contribution is 2.35. The number of nitrogens with one attached hydrogen (secondary N) is 1. The zero-order chi connectivity index (χ0) is 22.8. The number of ether oxygens (including phenoxy) is 1. The van der Waals surface area contributed by atoms with Crippen molar-refractivity contribution < 1.29 is 19.1 Å². The monoisotopic (exact) mass is 468 g/mol. The van der Waals surface area contributed by atoms with E-state index in [1.165, 1.54) is 5.56 Å². The number of fused-ring (bicyclic) bond motifs is 1. The van der Waals surface area contributed by atoms with Gasteiger partial charge in [-0.05, 0) is 67.1 Å². The minimum absolute atomic E-state index is 0.0877. The van der Waals surface area contributed by atoms with E-state index in [0.29, 0.717) is 25.0 Å². The maximum Gasteiger partial charge on any atom is 0.287 e. The predicted octanol–water partition coefficient (Wildman–Crippen LogP) is 4.48. The smallest absolute Gasteiger partial charge is 0.287 e. The lowest BCUT2D eigenvalue weighted by atomic mass is 9.84. The fourth-order valence-electron chi connectivity index (χ4n) is 4.76. The van der Waals surface area contributed by atoms with Crippen LogP contribution in [0.5, 0.6) is 0 Å². The molecule has 3 heterocycles. The van der Waals surface area contributed by atoms with Crippen molar-refractivity contribution in [1.82, 2.24) is 10.2 Å². The summed E-state index contributed by atoms with van der Waals surface area (Å²) >= 11 is 5.98. The number of aliphatic hydroxyl groups is 1. The zero-order valence-electron chi connectivity index (χ0n) is 18.6. The first kappa shape index (κ1) is 22.4. The molecule has 0 aliphatic carbocycles. The Morgan fingerprint density at radius 3 is 2.67 bits per heavy atom. The minimum atomic E-state index is -0.885. The summed E-state index contributed by atoms with van der Waals surface area (Å²) in [4.78, 5) is 14.9. The lowest BCUT2D eigenvalue weighted by Crippen LogP contribution is -2.42. The van der Waals surface area contributed by atoms with E-state index >= 15 is 0 Å². The van der Waals surface area contributed by atoms with E-state index in [4.69, 9.17) is 20.8 Å². The van der Waals surface area contributed by atoms with Gasteiger partial charge in [0.1, 0.15) is 5.58 Å². The molecule has 6 nitrogen and oxygen atoms in total. The summed E-state index contributed by atoms with van der Waals surface area (Å²) in [6.07, 6.45) is 3.40. The summed E-state index contributed by atoms with van der Waals surface area (Å²) in [6, 6.07) is 15.4. The number of likely N-dealkylation sites (tertiary alicyclic amines) is 1. The first-order valence-corrected chi connectivity index (χ1v) is 12.0. The van der Waals surface area contributed by atoms with Crippen molar-refractivity contribution in [2.75, 3.05) is 26.2 Å². The quantitative estimate of drug-likeness (QED) is 0.558. The summed E-state index contributed by atoms with van der Waals surface area (Å²) in [5.74, 6) is 0.0439. The number of halogens is 1. The van der Waals surface area contributed by atoms with Gasteiger partial charge in [-0.3, -0.25) is 9.69 Å². The van der Waals surface area contributed by atoms with Crippen LogP contribution in [0.2, 0.25) is 5.02 Å². The molecule has 2 aliphatic heterocycles. The molecule has 0 saturated carbocycles. The maximum atomic E-state index is 12.5. The van der Waals surface area contributed by atoms with Crippen LogP contribution >= 0.6 is 11.6 Å². The molecule has 2 fully saturated rings. The molecule has 7 heteroatoms. The Kier molecular flexibility index (Phi) is 6.43. The molecule has 2 aliphatic rings. The number of furan rings is 1.